The van der Waals surface area contributed by atoms with Gasteiger partial charge in [0.2, 0.25) is 0 Å². The third-order valence-corrected chi connectivity index (χ3v) is 4.30. The van der Waals surface area contributed by atoms with E-state index in [2.05, 4.69) is 15.3 Å². The van der Waals surface area contributed by atoms with Crippen LogP contribution in [-0.2, 0) is 11.8 Å². The Morgan fingerprint density at radius 1 is 1.33 bits per heavy atom. The van der Waals surface area contributed by atoms with Crippen molar-refractivity contribution in [3.8, 4) is 0 Å². The molecular formula is C15H20N4O2. The lowest BCUT2D eigenvalue weighted by Gasteiger charge is -2.23. The molecule has 1 aliphatic rings. The summed E-state index contributed by atoms with van der Waals surface area (Å²) in [6.45, 7) is 0. The Kier molecular flexibility index (Phi) is 3.77. The number of anilines is 1. The number of nitrogens with zero attached hydrogens (tertiary/aromatic N) is 3. The zero-order valence-electron chi connectivity index (χ0n) is 12.1. The highest BCUT2D eigenvalue weighted by Crippen LogP contribution is 2.28. The lowest BCUT2D eigenvalue weighted by atomic mass is 9.95. The van der Waals surface area contributed by atoms with Gasteiger partial charge in [0, 0.05) is 19.3 Å². The van der Waals surface area contributed by atoms with Crippen LogP contribution in [0.1, 0.15) is 32.1 Å². The van der Waals surface area contributed by atoms with E-state index >= 15 is 0 Å². The minimum absolute atomic E-state index is 0.0786. The molecule has 2 aromatic heterocycles. The highest BCUT2D eigenvalue weighted by Gasteiger charge is 2.30. The highest BCUT2D eigenvalue weighted by atomic mass is 16.4. The topological polar surface area (TPSA) is 80.0 Å². The molecule has 2 aromatic rings. The lowest BCUT2D eigenvalue weighted by molar-refractivity contribution is -0.142. The monoisotopic (exact) mass is 288 g/mol. The third-order valence-electron chi connectivity index (χ3n) is 4.30. The maximum Gasteiger partial charge on any atom is 0.308 e. The summed E-state index contributed by atoms with van der Waals surface area (Å²) in [5, 5.41) is 12.8. The van der Waals surface area contributed by atoms with Crippen molar-refractivity contribution in [2.75, 3.05) is 5.32 Å². The molecule has 3 rings (SSSR count). The summed E-state index contributed by atoms with van der Waals surface area (Å²) in [5.74, 6) is -0.387. The van der Waals surface area contributed by atoms with Crippen LogP contribution in [0, 0.1) is 5.92 Å². The second-order valence-corrected chi connectivity index (χ2v) is 5.72. The number of hydrogen-bond donors (Lipinski definition) is 2. The van der Waals surface area contributed by atoms with E-state index in [9.17, 15) is 9.90 Å². The Morgan fingerprint density at radius 2 is 2.14 bits per heavy atom. The fourth-order valence-electron chi connectivity index (χ4n) is 3.12. The third kappa shape index (κ3) is 2.70. The zero-order valence-corrected chi connectivity index (χ0v) is 12.1. The Hall–Kier alpha value is -2.11. The molecule has 2 heterocycles. The molecular weight excluding hydrogens is 268 g/mol. The Bertz CT molecular complexity index is 652. The van der Waals surface area contributed by atoms with E-state index in [0.717, 1.165) is 43.1 Å². The molecule has 0 saturated heterocycles. The van der Waals surface area contributed by atoms with Crippen molar-refractivity contribution in [3.63, 3.8) is 0 Å². The summed E-state index contributed by atoms with van der Waals surface area (Å²) in [7, 11) is 1.94. The number of aromatic nitrogens is 3. The molecule has 21 heavy (non-hydrogen) atoms. The number of aryl methyl sites for hydroxylation is 1. The maximum absolute atomic E-state index is 11.5. The molecule has 0 aliphatic heterocycles. The molecule has 2 unspecified atom stereocenters. The van der Waals surface area contributed by atoms with Gasteiger partial charge in [0.25, 0.3) is 0 Å². The molecule has 0 radical (unpaired) electrons. The number of nitrogens with one attached hydrogen (secondary N) is 1. The molecule has 6 heteroatoms. The number of imidazole rings is 1. The van der Waals surface area contributed by atoms with Gasteiger partial charge in [-0.2, -0.15) is 0 Å². The molecule has 1 fully saturated rings. The van der Waals surface area contributed by atoms with Gasteiger partial charge in [-0.1, -0.05) is 19.3 Å². The van der Waals surface area contributed by atoms with Crippen LogP contribution < -0.4 is 5.32 Å². The average Bonchev–Trinajstić information content (AvgIpc) is 2.71. The normalized spacial score (nSPS) is 22.9. The van der Waals surface area contributed by atoms with E-state index in [1.54, 1.807) is 12.5 Å². The van der Waals surface area contributed by atoms with Crippen LogP contribution in [0.5, 0.6) is 0 Å². The predicted octanol–water partition coefficient (Wildman–Crippen LogP) is 2.41. The van der Waals surface area contributed by atoms with Crippen LogP contribution >= 0.6 is 0 Å². The van der Waals surface area contributed by atoms with E-state index in [4.69, 9.17) is 0 Å². The van der Waals surface area contributed by atoms with Gasteiger partial charge in [0.15, 0.2) is 5.82 Å². The maximum atomic E-state index is 11.5. The van der Waals surface area contributed by atoms with Crippen LogP contribution in [0.2, 0.25) is 0 Å². The summed E-state index contributed by atoms with van der Waals surface area (Å²) in [6.07, 6.45) is 8.21. The van der Waals surface area contributed by atoms with Crippen molar-refractivity contribution in [2.45, 2.75) is 38.1 Å². The number of pyridine rings is 1. The fraction of sp³-hybridized carbons (Fsp3) is 0.533. The van der Waals surface area contributed by atoms with Crippen LogP contribution in [0.3, 0.4) is 0 Å². The standard InChI is InChI=1S/C15H20N4O2/c1-19-9-17-13-12(19)7-8-16-14(13)18-11-6-4-2-3-5-10(11)15(20)21/h7-11H,2-6H2,1H3,(H,16,18)(H,20,21). The van der Waals surface area contributed by atoms with Crippen LogP contribution in [0.25, 0.3) is 11.0 Å². The van der Waals surface area contributed by atoms with Crippen molar-refractivity contribution < 1.29 is 9.90 Å². The number of rotatable bonds is 3. The second kappa shape index (κ2) is 5.71. The van der Waals surface area contributed by atoms with Crippen molar-refractivity contribution in [3.05, 3.63) is 18.6 Å². The number of fused-ring (bicyclic) bond motifs is 1. The largest absolute Gasteiger partial charge is 0.481 e. The fourth-order valence-corrected chi connectivity index (χ4v) is 3.12. The van der Waals surface area contributed by atoms with Gasteiger partial charge in [-0.25, -0.2) is 9.97 Å². The van der Waals surface area contributed by atoms with Crippen molar-refractivity contribution >= 4 is 22.8 Å². The molecule has 2 atom stereocenters. The van der Waals surface area contributed by atoms with E-state index in [0.29, 0.717) is 5.82 Å². The first-order valence-electron chi connectivity index (χ1n) is 7.42. The van der Waals surface area contributed by atoms with Crippen LogP contribution in [0.15, 0.2) is 18.6 Å². The SMILES string of the molecule is Cn1cnc2c(NC3CCCCCC3C(=O)O)nccc21. The van der Waals surface area contributed by atoms with Crippen molar-refractivity contribution in [1.82, 2.24) is 14.5 Å². The van der Waals surface area contributed by atoms with Crippen molar-refractivity contribution in [1.29, 1.82) is 0 Å². The highest BCUT2D eigenvalue weighted by molar-refractivity contribution is 5.86. The van der Waals surface area contributed by atoms with Gasteiger partial charge in [0.1, 0.15) is 5.52 Å². The summed E-state index contributed by atoms with van der Waals surface area (Å²) >= 11 is 0. The molecule has 0 amide bonds. The molecule has 6 nitrogen and oxygen atoms in total. The first-order valence-corrected chi connectivity index (χ1v) is 7.42. The minimum Gasteiger partial charge on any atom is -0.481 e. The summed E-state index contributed by atoms with van der Waals surface area (Å²) in [5.41, 5.74) is 1.79. The average molecular weight is 288 g/mol. The Morgan fingerprint density at radius 3 is 2.95 bits per heavy atom. The van der Waals surface area contributed by atoms with Gasteiger partial charge in [-0.3, -0.25) is 4.79 Å². The van der Waals surface area contributed by atoms with E-state index in [1.165, 1.54) is 0 Å². The van der Waals surface area contributed by atoms with Crippen LogP contribution in [-0.4, -0.2) is 31.7 Å². The number of aliphatic carboxylic acids is 1. The molecule has 2 N–H and O–H groups in total. The molecule has 0 aromatic carbocycles. The number of carboxylic acid groups (broad SMARTS) is 1. The summed E-state index contributed by atoms with van der Waals surface area (Å²) < 4.78 is 1.93. The first-order chi connectivity index (χ1) is 10.2. The molecule has 1 aliphatic carbocycles. The number of hydrogen-bond acceptors (Lipinski definition) is 4. The van der Waals surface area contributed by atoms with Gasteiger partial charge in [-0.05, 0) is 18.9 Å². The van der Waals surface area contributed by atoms with Gasteiger partial charge in [0.05, 0.1) is 17.8 Å². The zero-order chi connectivity index (χ0) is 14.8. The van der Waals surface area contributed by atoms with Gasteiger partial charge < -0.3 is 15.0 Å². The molecule has 0 bridgehead atoms. The number of carboxylic acids is 1. The van der Waals surface area contributed by atoms with E-state index in [1.807, 2.05) is 17.7 Å². The van der Waals surface area contributed by atoms with E-state index in [-0.39, 0.29) is 12.0 Å². The smallest absolute Gasteiger partial charge is 0.308 e. The minimum atomic E-state index is -0.720. The second-order valence-electron chi connectivity index (χ2n) is 5.72. The van der Waals surface area contributed by atoms with Gasteiger partial charge >= 0.3 is 5.97 Å². The quantitative estimate of drug-likeness (QED) is 0.848. The summed E-state index contributed by atoms with van der Waals surface area (Å²) in [6, 6.07) is 1.83. The Balaban J connectivity index is 1.90. The van der Waals surface area contributed by atoms with E-state index < -0.39 is 5.97 Å². The number of carbonyl (C=O) groups is 1. The van der Waals surface area contributed by atoms with Crippen LogP contribution in [0.4, 0.5) is 5.82 Å². The molecule has 1 saturated carbocycles. The lowest BCUT2D eigenvalue weighted by Crippen LogP contribution is -2.34. The molecule has 0 spiro atoms. The first kappa shape index (κ1) is 13.9. The predicted molar refractivity (Wildman–Crippen MR) is 80.1 cm³/mol. The summed E-state index contributed by atoms with van der Waals surface area (Å²) in [4.78, 5) is 20.2. The van der Waals surface area contributed by atoms with Gasteiger partial charge in [-0.15, -0.1) is 0 Å². The van der Waals surface area contributed by atoms with Crippen molar-refractivity contribution in [2.24, 2.45) is 13.0 Å². The molecule has 112 valence electrons. The Labute approximate surface area is 123 Å².